The molecule has 21 heavy (non-hydrogen) atoms. The highest BCUT2D eigenvalue weighted by molar-refractivity contribution is 5.44. The van der Waals surface area contributed by atoms with Gasteiger partial charge in [0.25, 0.3) is 0 Å². The van der Waals surface area contributed by atoms with E-state index in [1.807, 2.05) is 25.1 Å². The summed E-state index contributed by atoms with van der Waals surface area (Å²) in [5.41, 5.74) is 2.52. The van der Waals surface area contributed by atoms with Gasteiger partial charge in [-0.15, -0.1) is 0 Å². The van der Waals surface area contributed by atoms with Crippen molar-refractivity contribution < 1.29 is 14.2 Å². The molecule has 0 heterocycles. The molecule has 0 amide bonds. The lowest BCUT2D eigenvalue weighted by Crippen LogP contribution is -2.12. The maximum atomic E-state index is 14.0. The minimum Gasteiger partial charge on any atom is -0.454 e. The van der Waals surface area contributed by atoms with Crippen molar-refractivity contribution in [1.82, 2.24) is 0 Å². The van der Waals surface area contributed by atoms with E-state index in [4.69, 9.17) is 9.84 Å². The molecule has 0 atom stereocenters. The third-order valence-corrected chi connectivity index (χ3v) is 3.34. The van der Waals surface area contributed by atoms with E-state index in [0.29, 0.717) is 11.3 Å². The van der Waals surface area contributed by atoms with Crippen LogP contribution in [-0.4, -0.2) is 5.11 Å². The molecule has 0 unspecified atom stereocenters. The van der Waals surface area contributed by atoms with E-state index >= 15 is 0 Å². The van der Waals surface area contributed by atoms with Crippen molar-refractivity contribution in [2.75, 3.05) is 0 Å². The number of aliphatic hydroxyl groups excluding tert-OH is 1. The molecule has 2 aromatic rings. The molecular weight excluding hydrogens is 267 g/mol. The maximum absolute atomic E-state index is 14.0. The van der Waals surface area contributed by atoms with Crippen LogP contribution in [0.5, 0.6) is 11.5 Å². The summed E-state index contributed by atoms with van der Waals surface area (Å²) in [7, 11) is 0. The fourth-order valence-corrected chi connectivity index (χ4v) is 2.18. The number of rotatable bonds is 3. The van der Waals surface area contributed by atoms with Gasteiger partial charge in [0.15, 0.2) is 11.6 Å². The van der Waals surface area contributed by atoms with Gasteiger partial charge in [0, 0.05) is 5.56 Å². The Morgan fingerprint density at radius 2 is 1.76 bits per heavy atom. The number of halogens is 1. The molecule has 0 aromatic heterocycles. The Hall–Kier alpha value is -1.87. The molecule has 0 fully saturated rings. The Balaban J connectivity index is 2.41. The molecule has 0 bridgehead atoms. The summed E-state index contributed by atoms with van der Waals surface area (Å²) in [5, 5.41) is 9.02. The van der Waals surface area contributed by atoms with Crippen molar-refractivity contribution in [2.45, 2.75) is 39.7 Å². The van der Waals surface area contributed by atoms with Gasteiger partial charge in [0.2, 0.25) is 0 Å². The number of aliphatic hydroxyl groups is 1. The van der Waals surface area contributed by atoms with E-state index in [9.17, 15) is 4.39 Å². The highest BCUT2D eigenvalue weighted by Gasteiger charge is 2.20. The van der Waals surface area contributed by atoms with Gasteiger partial charge in [0.1, 0.15) is 5.75 Å². The SMILES string of the molecule is Cc1ccc(C(C)(C)C)c(Oc2ccc(CO)cc2F)c1. The summed E-state index contributed by atoms with van der Waals surface area (Å²) in [6.45, 7) is 8.07. The fraction of sp³-hybridized carbons (Fsp3) is 0.333. The average molecular weight is 288 g/mol. The lowest BCUT2D eigenvalue weighted by molar-refractivity contribution is 0.281. The van der Waals surface area contributed by atoms with Gasteiger partial charge < -0.3 is 9.84 Å². The topological polar surface area (TPSA) is 29.5 Å². The first-order valence-corrected chi connectivity index (χ1v) is 6.99. The van der Waals surface area contributed by atoms with Crippen molar-refractivity contribution in [1.29, 1.82) is 0 Å². The molecule has 0 radical (unpaired) electrons. The number of benzene rings is 2. The van der Waals surface area contributed by atoms with Crippen LogP contribution in [0.1, 0.15) is 37.5 Å². The van der Waals surface area contributed by atoms with Gasteiger partial charge in [0.05, 0.1) is 6.61 Å². The predicted molar refractivity (Wildman–Crippen MR) is 82.3 cm³/mol. The van der Waals surface area contributed by atoms with Crippen LogP contribution in [0.2, 0.25) is 0 Å². The van der Waals surface area contributed by atoms with Crippen molar-refractivity contribution >= 4 is 0 Å². The zero-order chi connectivity index (χ0) is 15.6. The number of aryl methyl sites for hydroxylation is 1. The van der Waals surface area contributed by atoms with Crippen LogP contribution < -0.4 is 4.74 Å². The summed E-state index contributed by atoms with van der Waals surface area (Å²) in [5.74, 6) is 0.365. The van der Waals surface area contributed by atoms with E-state index in [2.05, 4.69) is 20.8 Å². The standard InChI is InChI=1S/C18H21FO2/c1-12-5-7-14(18(2,3)4)17(9-12)21-16-8-6-13(11-20)10-15(16)19/h5-10,20H,11H2,1-4H3. The molecule has 0 saturated heterocycles. The quantitative estimate of drug-likeness (QED) is 0.885. The van der Waals surface area contributed by atoms with Crippen LogP contribution in [-0.2, 0) is 12.0 Å². The van der Waals surface area contributed by atoms with Crippen LogP contribution in [0.3, 0.4) is 0 Å². The molecule has 0 saturated carbocycles. The summed E-state index contributed by atoms with van der Waals surface area (Å²) < 4.78 is 19.8. The third-order valence-electron chi connectivity index (χ3n) is 3.34. The summed E-state index contributed by atoms with van der Waals surface area (Å²) in [6, 6.07) is 10.5. The highest BCUT2D eigenvalue weighted by atomic mass is 19.1. The highest BCUT2D eigenvalue weighted by Crippen LogP contribution is 2.35. The largest absolute Gasteiger partial charge is 0.454 e. The van der Waals surface area contributed by atoms with Crippen LogP contribution in [0.4, 0.5) is 4.39 Å². The van der Waals surface area contributed by atoms with Crippen LogP contribution >= 0.6 is 0 Å². The molecule has 0 aliphatic rings. The Bertz CT molecular complexity index is 642. The number of hydrogen-bond acceptors (Lipinski definition) is 2. The fourth-order valence-electron chi connectivity index (χ4n) is 2.18. The minimum absolute atomic E-state index is 0.0927. The molecule has 3 heteroatoms. The van der Waals surface area contributed by atoms with Gasteiger partial charge in [-0.2, -0.15) is 0 Å². The van der Waals surface area contributed by atoms with E-state index in [1.165, 1.54) is 6.07 Å². The second-order valence-corrected chi connectivity index (χ2v) is 6.27. The monoisotopic (exact) mass is 288 g/mol. The first-order valence-electron chi connectivity index (χ1n) is 6.99. The van der Waals surface area contributed by atoms with E-state index in [0.717, 1.165) is 11.1 Å². The van der Waals surface area contributed by atoms with E-state index in [1.54, 1.807) is 12.1 Å². The zero-order valence-corrected chi connectivity index (χ0v) is 12.9. The molecule has 2 aromatic carbocycles. The normalized spacial score (nSPS) is 11.5. The Morgan fingerprint density at radius 3 is 2.33 bits per heavy atom. The van der Waals surface area contributed by atoms with Crippen molar-refractivity contribution in [3.8, 4) is 11.5 Å². The van der Waals surface area contributed by atoms with Gasteiger partial charge in [-0.1, -0.05) is 39.0 Å². The molecule has 1 N–H and O–H groups in total. The second-order valence-electron chi connectivity index (χ2n) is 6.27. The van der Waals surface area contributed by atoms with Gasteiger partial charge in [-0.05, 0) is 41.7 Å². The summed E-state index contributed by atoms with van der Waals surface area (Å²) >= 11 is 0. The first-order chi connectivity index (χ1) is 9.81. The molecular formula is C18H21FO2. The summed E-state index contributed by atoms with van der Waals surface area (Å²) in [6.07, 6.45) is 0. The first kappa shape index (κ1) is 15.5. The molecule has 2 nitrogen and oxygen atoms in total. The lowest BCUT2D eigenvalue weighted by atomic mass is 9.86. The molecule has 2 rings (SSSR count). The Morgan fingerprint density at radius 1 is 1.05 bits per heavy atom. The van der Waals surface area contributed by atoms with Crippen molar-refractivity contribution in [3.05, 3.63) is 58.9 Å². The Labute approximate surface area is 125 Å². The maximum Gasteiger partial charge on any atom is 0.166 e. The molecule has 0 spiro atoms. The van der Waals surface area contributed by atoms with E-state index < -0.39 is 5.82 Å². The second kappa shape index (κ2) is 5.86. The van der Waals surface area contributed by atoms with Gasteiger partial charge in [-0.25, -0.2) is 4.39 Å². The molecule has 112 valence electrons. The zero-order valence-electron chi connectivity index (χ0n) is 12.9. The van der Waals surface area contributed by atoms with Gasteiger partial charge >= 0.3 is 0 Å². The number of ether oxygens (including phenoxy) is 1. The minimum atomic E-state index is -0.470. The third kappa shape index (κ3) is 3.61. The van der Waals surface area contributed by atoms with E-state index in [-0.39, 0.29) is 17.8 Å². The predicted octanol–water partition coefficient (Wildman–Crippen LogP) is 4.72. The summed E-state index contributed by atoms with van der Waals surface area (Å²) in [4.78, 5) is 0. The Kier molecular flexibility index (Phi) is 4.33. The van der Waals surface area contributed by atoms with Gasteiger partial charge in [-0.3, -0.25) is 0 Å². The smallest absolute Gasteiger partial charge is 0.166 e. The van der Waals surface area contributed by atoms with Crippen LogP contribution in [0.25, 0.3) is 0 Å². The molecule has 0 aliphatic carbocycles. The van der Waals surface area contributed by atoms with Crippen LogP contribution in [0, 0.1) is 12.7 Å². The van der Waals surface area contributed by atoms with Crippen LogP contribution in [0.15, 0.2) is 36.4 Å². The van der Waals surface area contributed by atoms with Crippen molar-refractivity contribution in [2.24, 2.45) is 0 Å². The average Bonchev–Trinajstić information content (AvgIpc) is 2.39. The van der Waals surface area contributed by atoms with Crippen molar-refractivity contribution in [3.63, 3.8) is 0 Å². The molecule has 0 aliphatic heterocycles. The lowest BCUT2D eigenvalue weighted by Gasteiger charge is -2.23. The number of hydrogen-bond donors (Lipinski definition) is 1.